The summed E-state index contributed by atoms with van der Waals surface area (Å²) < 4.78 is 31.3. The molecule has 0 spiro atoms. The molecule has 1 saturated heterocycles. The summed E-state index contributed by atoms with van der Waals surface area (Å²) >= 11 is 6.53. The minimum Gasteiger partial charge on any atom is -0.477 e. The van der Waals surface area contributed by atoms with Crippen LogP contribution in [0.15, 0.2) is 36.9 Å². The molecule has 12 heteroatoms. The fourth-order valence-electron chi connectivity index (χ4n) is 4.34. The number of benzene rings is 1. The predicted molar refractivity (Wildman–Crippen MR) is 135 cm³/mol. The van der Waals surface area contributed by atoms with Crippen molar-refractivity contribution in [3.8, 4) is 5.88 Å². The highest BCUT2D eigenvalue weighted by Gasteiger charge is 2.26. The van der Waals surface area contributed by atoms with E-state index in [1.54, 1.807) is 6.33 Å². The molecule has 5 rings (SSSR count). The third-order valence-electron chi connectivity index (χ3n) is 6.31. The fourth-order valence-corrected chi connectivity index (χ4v) is 5.47. The van der Waals surface area contributed by atoms with E-state index in [4.69, 9.17) is 21.3 Å². The number of sulfonamides is 1. The quantitative estimate of drug-likeness (QED) is 0.381. The van der Waals surface area contributed by atoms with E-state index in [1.807, 2.05) is 31.2 Å². The lowest BCUT2D eigenvalue weighted by atomic mass is 9.99. The first-order valence-electron chi connectivity index (χ1n) is 11.4. The first-order valence-corrected chi connectivity index (χ1v) is 13.6. The van der Waals surface area contributed by atoms with Crippen molar-refractivity contribution in [3.05, 3.63) is 47.6 Å². The molecule has 4 aromatic rings. The van der Waals surface area contributed by atoms with Crippen LogP contribution in [0.1, 0.15) is 31.5 Å². The van der Waals surface area contributed by atoms with Gasteiger partial charge in [0, 0.05) is 13.1 Å². The van der Waals surface area contributed by atoms with Crippen LogP contribution in [0, 0.1) is 5.92 Å². The first-order chi connectivity index (χ1) is 16.8. The Kier molecular flexibility index (Phi) is 6.47. The van der Waals surface area contributed by atoms with Crippen LogP contribution >= 0.6 is 11.6 Å². The smallest absolute Gasteiger partial charge is 0.223 e. The van der Waals surface area contributed by atoms with Crippen LogP contribution in [0.2, 0.25) is 5.02 Å². The highest BCUT2D eigenvalue weighted by atomic mass is 35.5. The Morgan fingerprint density at radius 3 is 2.83 bits per heavy atom. The molecule has 1 fully saturated rings. The topological polar surface area (TPSA) is 126 Å². The Hall–Kier alpha value is -3.02. The zero-order valence-electron chi connectivity index (χ0n) is 19.4. The molecule has 2 N–H and O–H groups in total. The number of imidazole rings is 1. The minimum atomic E-state index is -3.16. The molecule has 0 aliphatic carbocycles. The van der Waals surface area contributed by atoms with Crippen molar-refractivity contribution in [1.82, 2.24) is 29.2 Å². The number of halogens is 1. The number of piperidine rings is 1. The zero-order valence-corrected chi connectivity index (χ0v) is 21.0. The molecule has 1 aliphatic heterocycles. The molecule has 0 bridgehead atoms. The second-order valence-electron chi connectivity index (χ2n) is 8.80. The molecule has 1 atom stereocenters. The minimum absolute atomic E-state index is 0.194. The van der Waals surface area contributed by atoms with Gasteiger partial charge in [0.25, 0.3) is 0 Å². The summed E-state index contributed by atoms with van der Waals surface area (Å²) in [5.74, 6) is 1.34. The van der Waals surface area contributed by atoms with Gasteiger partial charge in [0.05, 0.1) is 41.3 Å². The van der Waals surface area contributed by atoms with Crippen LogP contribution in [-0.4, -0.2) is 63.6 Å². The summed E-state index contributed by atoms with van der Waals surface area (Å²) in [6.45, 7) is 3.44. The Balaban J connectivity index is 1.38. The van der Waals surface area contributed by atoms with E-state index in [9.17, 15) is 8.42 Å². The van der Waals surface area contributed by atoms with Gasteiger partial charge < -0.3 is 15.0 Å². The predicted octanol–water partition coefficient (Wildman–Crippen LogP) is 3.78. The van der Waals surface area contributed by atoms with Crippen LogP contribution < -0.4 is 10.1 Å². The summed E-state index contributed by atoms with van der Waals surface area (Å²) in [5, 5.41) is 5.64. The molecular weight excluding hydrogens is 490 g/mol. The molecule has 0 amide bonds. The number of hydrogen-bond acceptors (Lipinski definition) is 8. The number of aromatic amines is 1. The average molecular weight is 516 g/mol. The number of pyridine rings is 1. The van der Waals surface area contributed by atoms with Crippen molar-refractivity contribution < 1.29 is 13.2 Å². The summed E-state index contributed by atoms with van der Waals surface area (Å²) in [4.78, 5) is 20.6. The maximum absolute atomic E-state index is 11.8. The first kappa shape index (κ1) is 23.7. The third-order valence-corrected chi connectivity index (χ3v) is 7.93. The van der Waals surface area contributed by atoms with E-state index in [-0.39, 0.29) is 12.0 Å². The number of fused-ring (bicyclic) bond motifs is 2. The number of anilines is 1. The molecule has 0 saturated carbocycles. The van der Waals surface area contributed by atoms with Crippen LogP contribution in [0.25, 0.3) is 21.9 Å². The average Bonchev–Trinajstić information content (AvgIpc) is 3.32. The second-order valence-corrected chi connectivity index (χ2v) is 11.2. The number of rotatable bonds is 7. The van der Waals surface area contributed by atoms with Crippen LogP contribution in [0.3, 0.4) is 0 Å². The molecular formula is C23H26ClN7O3S. The van der Waals surface area contributed by atoms with Crippen molar-refractivity contribution in [3.63, 3.8) is 0 Å². The van der Waals surface area contributed by atoms with E-state index >= 15 is 0 Å². The summed E-state index contributed by atoms with van der Waals surface area (Å²) in [5.41, 5.74) is 2.08. The third kappa shape index (κ3) is 5.02. The number of nitrogens with zero attached hydrogens (tertiary/aromatic N) is 5. The van der Waals surface area contributed by atoms with Gasteiger partial charge in [0.15, 0.2) is 11.5 Å². The Bertz CT molecular complexity index is 1470. The lowest BCUT2D eigenvalue weighted by Gasteiger charge is -2.30. The summed E-state index contributed by atoms with van der Waals surface area (Å²) in [6, 6.07) is 7.49. The molecule has 35 heavy (non-hydrogen) atoms. The van der Waals surface area contributed by atoms with Gasteiger partial charge in [0.1, 0.15) is 11.8 Å². The van der Waals surface area contributed by atoms with E-state index < -0.39 is 10.0 Å². The van der Waals surface area contributed by atoms with E-state index in [2.05, 4.69) is 25.3 Å². The molecule has 4 heterocycles. The Morgan fingerprint density at radius 2 is 2.06 bits per heavy atom. The van der Waals surface area contributed by atoms with Gasteiger partial charge in [-0.25, -0.2) is 32.7 Å². The summed E-state index contributed by atoms with van der Waals surface area (Å²) in [6.07, 6.45) is 5.78. The monoisotopic (exact) mass is 515 g/mol. The van der Waals surface area contributed by atoms with Gasteiger partial charge in [-0.15, -0.1) is 0 Å². The largest absolute Gasteiger partial charge is 0.477 e. The molecule has 0 radical (unpaired) electrons. The Morgan fingerprint density at radius 1 is 1.26 bits per heavy atom. The maximum Gasteiger partial charge on any atom is 0.223 e. The van der Waals surface area contributed by atoms with Crippen LogP contribution in [0.4, 0.5) is 5.82 Å². The van der Waals surface area contributed by atoms with Gasteiger partial charge in [0.2, 0.25) is 15.9 Å². The highest BCUT2D eigenvalue weighted by Crippen LogP contribution is 2.34. The van der Waals surface area contributed by atoms with Gasteiger partial charge in [-0.3, -0.25) is 0 Å². The Labute approximate surface area is 208 Å². The zero-order chi connectivity index (χ0) is 24.6. The number of nitrogens with one attached hydrogen (secondary N) is 2. The van der Waals surface area contributed by atoms with Gasteiger partial charge in [-0.1, -0.05) is 23.7 Å². The maximum atomic E-state index is 11.8. The number of aromatic nitrogens is 5. The summed E-state index contributed by atoms with van der Waals surface area (Å²) in [7, 11) is -3.16. The molecule has 1 aliphatic rings. The van der Waals surface area contributed by atoms with E-state index in [0.29, 0.717) is 42.1 Å². The lowest BCUT2D eigenvalue weighted by Crippen LogP contribution is -2.39. The second kappa shape index (κ2) is 9.56. The fraction of sp³-hybridized carbons (Fsp3) is 0.391. The number of hydrogen-bond donors (Lipinski definition) is 2. The SMILES string of the molecule is CC(Nc1ncnc2nc[nH]c12)c1cc2cccc(Cl)c2c(OCC2CCN(S(C)(=O)=O)CC2)n1. The normalized spacial score (nSPS) is 16.5. The van der Waals surface area contributed by atoms with Crippen molar-refractivity contribution in [1.29, 1.82) is 0 Å². The van der Waals surface area contributed by atoms with E-state index in [0.717, 1.165) is 34.8 Å². The van der Waals surface area contributed by atoms with E-state index in [1.165, 1.54) is 16.9 Å². The highest BCUT2D eigenvalue weighted by molar-refractivity contribution is 7.88. The van der Waals surface area contributed by atoms with Crippen molar-refractivity contribution in [2.75, 3.05) is 31.3 Å². The van der Waals surface area contributed by atoms with Gasteiger partial charge >= 0.3 is 0 Å². The molecule has 3 aromatic heterocycles. The number of H-pyrrole nitrogens is 1. The molecule has 1 unspecified atom stereocenters. The van der Waals surface area contributed by atoms with Crippen molar-refractivity contribution >= 4 is 49.4 Å². The van der Waals surface area contributed by atoms with Crippen LogP contribution in [0.5, 0.6) is 5.88 Å². The number of ether oxygens (including phenoxy) is 1. The van der Waals surface area contributed by atoms with Crippen molar-refractivity contribution in [2.45, 2.75) is 25.8 Å². The van der Waals surface area contributed by atoms with Crippen molar-refractivity contribution in [2.24, 2.45) is 5.92 Å². The van der Waals surface area contributed by atoms with Gasteiger partial charge in [-0.2, -0.15) is 0 Å². The lowest BCUT2D eigenvalue weighted by molar-refractivity contribution is 0.182. The molecule has 10 nitrogen and oxygen atoms in total. The van der Waals surface area contributed by atoms with Gasteiger partial charge in [-0.05, 0) is 43.2 Å². The molecule has 1 aromatic carbocycles. The molecule has 184 valence electrons. The van der Waals surface area contributed by atoms with Crippen LogP contribution in [-0.2, 0) is 10.0 Å². The standard InChI is InChI=1S/C23H26ClN7O3S/c1-14(29-22-20-21(26-12-25-20)27-13-28-22)18-10-16-4-3-5-17(24)19(16)23(30-18)34-11-15-6-8-31(9-7-15)35(2,32)33/h3-5,10,12-15H,6-9,11H2,1-2H3,(H2,25,26,27,28,29).